The highest BCUT2D eigenvalue weighted by molar-refractivity contribution is 7.51. The van der Waals surface area contributed by atoms with Gasteiger partial charge in [0.2, 0.25) is 5.95 Å². The van der Waals surface area contributed by atoms with Crippen LogP contribution in [0.1, 0.15) is 6.23 Å². The lowest BCUT2D eigenvalue weighted by molar-refractivity contribution is -0.0629. The van der Waals surface area contributed by atoms with Crippen LogP contribution in [0.3, 0.4) is 0 Å². The molecule has 3 rings (SSSR count). The van der Waals surface area contributed by atoms with Crippen LogP contribution in [0.25, 0.3) is 11.2 Å². The summed E-state index contributed by atoms with van der Waals surface area (Å²) < 4.78 is 35.0. The van der Waals surface area contributed by atoms with Gasteiger partial charge in [-0.1, -0.05) is 0 Å². The van der Waals surface area contributed by atoms with Gasteiger partial charge < -0.3 is 24.8 Å². The first-order chi connectivity index (χ1) is 12.2. The summed E-state index contributed by atoms with van der Waals surface area (Å²) in [6.45, 7) is 1.18. The smallest absolute Gasteiger partial charge is 0.325 e. The number of rotatable bonds is 6. The Morgan fingerprint density at radius 2 is 2.19 bits per heavy atom. The van der Waals surface area contributed by atoms with E-state index in [4.69, 9.17) is 24.5 Å². The van der Waals surface area contributed by atoms with Crippen LogP contribution in [0.15, 0.2) is 11.1 Å². The van der Waals surface area contributed by atoms with Crippen molar-refractivity contribution in [2.24, 2.45) is 0 Å². The number of nitrogens with two attached hydrogens (primary N) is 1. The Morgan fingerprint density at radius 3 is 2.81 bits per heavy atom. The number of hydrogen-bond donors (Lipinski definition) is 3. The minimum absolute atomic E-state index is 0.0774. The molecule has 13 heteroatoms. The van der Waals surface area contributed by atoms with Gasteiger partial charge in [-0.05, 0) is 0 Å². The monoisotopic (exact) mass is 389 g/mol. The summed E-state index contributed by atoms with van der Waals surface area (Å²) in [5.41, 5.74) is 5.39. The van der Waals surface area contributed by atoms with Crippen molar-refractivity contribution in [3.05, 3.63) is 16.7 Å². The summed E-state index contributed by atoms with van der Waals surface area (Å²) in [6.07, 6.45) is -1.82. The lowest BCUT2D eigenvalue weighted by Crippen LogP contribution is -2.37. The third-order valence-electron chi connectivity index (χ3n) is 3.93. The summed E-state index contributed by atoms with van der Waals surface area (Å²) in [5, 5.41) is 0. The molecule has 1 aliphatic heterocycles. The molecule has 1 fully saturated rings. The Balaban J connectivity index is 2.04. The minimum Gasteiger partial charge on any atom is -0.382 e. The van der Waals surface area contributed by atoms with Gasteiger partial charge in [0.05, 0.1) is 12.9 Å². The zero-order chi connectivity index (χ0) is 19.1. The summed E-state index contributed by atoms with van der Waals surface area (Å²) in [7, 11) is -0.943. The van der Waals surface area contributed by atoms with Gasteiger partial charge in [-0.15, -0.1) is 0 Å². The molecule has 4 N–H and O–H groups in total. The van der Waals surface area contributed by atoms with Crippen LogP contribution in [0.5, 0.6) is 0 Å². The number of methoxy groups -OCH3 is 2. The number of hydrogen-bond acceptors (Lipinski definition) is 9. The van der Waals surface area contributed by atoms with Crippen LogP contribution >= 0.6 is 7.60 Å². The van der Waals surface area contributed by atoms with E-state index in [9.17, 15) is 14.3 Å². The first kappa shape index (κ1) is 19.0. The molecule has 0 radical (unpaired) electrons. The molecule has 1 aliphatic rings. The average Bonchev–Trinajstić information content (AvgIpc) is 3.08. The van der Waals surface area contributed by atoms with E-state index in [0.717, 1.165) is 6.66 Å². The molecule has 1 saturated heterocycles. The Kier molecular flexibility index (Phi) is 5.15. The third-order valence-corrected chi connectivity index (χ3v) is 4.57. The molecule has 12 nitrogen and oxygen atoms in total. The van der Waals surface area contributed by atoms with Gasteiger partial charge in [0, 0.05) is 20.9 Å². The van der Waals surface area contributed by atoms with Crippen molar-refractivity contribution in [2.75, 3.05) is 33.2 Å². The van der Waals surface area contributed by atoms with E-state index >= 15 is 0 Å². The number of fused-ring (bicyclic) bond motifs is 1. The zero-order valence-electron chi connectivity index (χ0n) is 14.4. The van der Waals surface area contributed by atoms with Crippen LogP contribution < -0.4 is 11.3 Å². The summed E-state index contributed by atoms with van der Waals surface area (Å²) in [4.78, 5) is 32.1. The first-order valence-corrected chi connectivity index (χ1v) is 9.66. The van der Waals surface area contributed by atoms with Crippen molar-refractivity contribution in [2.45, 2.75) is 24.5 Å². The topological polar surface area (TPSA) is 164 Å². The van der Waals surface area contributed by atoms with E-state index in [1.807, 2.05) is 0 Å². The SMILES string of the molecule is COC[C@H]1O[C@@H](n2cnc3c(=O)[nH]c(N)nc32)[C@@H](OC)C1OP(C)(=O)O. The second-order valence-corrected chi connectivity index (χ2v) is 7.69. The highest BCUT2D eigenvalue weighted by atomic mass is 31.2. The number of H-pyrrole nitrogens is 1. The lowest BCUT2D eigenvalue weighted by atomic mass is 10.1. The summed E-state index contributed by atoms with van der Waals surface area (Å²) >= 11 is 0. The van der Waals surface area contributed by atoms with Crippen molar-refractivity contribution in [1.82, 2.24) is 19.5 Å². The largest absolute Gasteiger partial charge is 0.382 e. The fourth-order valence-electron chi connectivity index (χ4n) is 2.96. The molecule has 0 amide bonds. The van der Waals surface area contributed by atoms with Crippen molar-refractivity contribution < 1.29 is 28.2 Å². The highest BCUT2D eigenvalue weighted by Crippen LogP contribution is 2.45. The molecular formula is C13H20N5O7P. The van der Waals surface area contributed by atoms with Crippen molar-refractivity contribution in [1.29, 1.82) is 0 Å². The molecule has 0 aromatic carbocycles. The fraction of sp³-hybridized carbons (Fsp3) is 0.615. The Labute approximate surface area is 147 Å². The predicted molar refractivity (Wildman–Crippen MR) is 89.8 cm³/mol. The van der Waals surface area contributed by atoms with Crippen LogP contribution in [0.2, 0.25) is 0 Å². The normalized spacial score (nSPS) is 28.5. The maximum atomic E-state index is 12.0. The van der Waals surface area contributed by atoms with Crippen LogP contribution in [0, 0.1) is 0 Å². The number of nitrogen functional groups attached to an aromatic ring is 1. The van der Waals surface area contributed by atoms with E-state index in [0.29, 0.717) is 0 Å². The van der Waals surface area contributed by atoms with E-state index < -0.39 is 37.7 Å². The van der Waals surface area contributed by atoms with Gasteiger partial charge in [-0.3, -0.25) is 23.4 Å². The minimum atomic E-state index is -3.82. The second-order valence-electron chi connectivity index (χ2n) is 5.87. The zero-order valence-corrected chi connectivity index (χ0v) is 15.3. The molecule has 0 aliphatic carbocycles. The van der Waals surface area contributed by atoms with Gasteiger partial charge >= 0.3 is 7.60 Å². The fourth-order valence-corrected chi connectivity index (χ4v) is 3.67. The molecular weight excluding hydrogens is 369 g/mol. The van der Waals surface area contributed by atoms with Gasteiger partial charge in [0.1, 0.15) is 18.3 Å². The number of anilines is 1. The number of imidazole rings is 1. The Bertz CT molecular complexity index is 893. The van der Waals surface area contributed by atoms with Crippen LogP contribution in [-0.2, 0) is 23.3 Å². The Hall–Kier alpha value is -1.82. The standard InChI is InChI=1S/C13H20N5O7P/c1-22-4-6-8(25-26(3,20)21)9(23-2)12(24-6)18-5-15-7-10(18)16-13(14)17-11(7)19/h5-6,8-9,12H,4H2,1-3H3,(H,20,21)(H3,14,16,17,19)/t6-,8?,9+,12-/m1/s1. The van der Waals surface area contributed by atoms with Gasteiger partial charge in [-0.2, -0.15) is 4.98 Å². The third kappa shape index (κ3) is 3.52. The quantitative estimate of drug-likeness (QED) is 0.547. The van der Waals surface area contributed by atoms with Gasteiger partial charge in [0.15, 0.2) is 17.4 Å². The summed E-state index contributed by atoms with van der Waals surface area (Å²) in [6, 6.07) is 0. The molecule has 2 aromatic rings. The molecule has 0 bridgehead atoms. The number of aromatic nitrogens is 4. The highest BCUT2D eigenvalue weighted by Gasteiger charge is 2.49. The number of aromatic amines is 1. The van der Waals surface area contributed by atoms with Crippen molar-refractivity contribution in [3.8, 4) is 0 Å². The second kappa shape index (κ2) is 7.06. The number of nitrogens with zero attached hydrogens (tertiary/aromatic N) is 3. The van der Waals surface area contributed by atoms with E-state index in [2.05, 4.69) is 15.0 Å². The molecule has 2 unspecified atom stereocenters. The summed E-state index contributed by atoms with van der Waals surface area (Å²) in [5.74, 6) is -0.0779. The van der Waals surface area contributed by atoms with Crippen LogP contribution in [0.4, 0.5) is 5.95 Å². The lowest BCUT2D eigenvalue weighted by Gasteiger charge is -2.24. The number of ether oxygens (including phenoxy) is 3. The van der Waals surface area contributed by atoms with Crippen molar-refractivity contribution in [3.63, 3.8) is 0 Å². The van der Waals surface area contributed by atoms with Gasteiger partial charge in [-0.25, -0.2) is 4.98 Å². The van der Waals surface area contributed by atoms with Gasteiger partial charge in [0.25, 0.3) is 5.56 Å². The van der Waals surface area contributed by atoms with Crippen molar-refractivity contribution >= 4 is 24.7 Å². The number of nitrogens with one attached hydrogen (secondary N) is 1. The maximum Gasteiger partial charge on any atom is 0.325 e. The van der Waals surface area contributed by atoms with E-state index in [-0.39, 0.29) is 23.7 Å². The van der Waals surface area contributed by atoms with E-state index in [1.165, 1.54) is 25.1 Å². The molecule has 0 saturated carbocycles. The molecule has 26 heavy (non-hydrogen) atoms. The molecule has 5 atom stereocenters. The first-order valence-electron chi connectivity index (χ1n) is 7.63. The van der Waals surface area contributed by atoms with Crippen LogP contribution in [-0.4, -0.2) is 70.2 Å². The molecule has 0 spiro atoms. The molecule has 144 valence electrons. The molecule has 3 heterocycles. The predicted octanol–water partition coefficient (Wildman–Crippen LogP) is -0.539. The van der Waals surface area contributed by atoms with E-state index in [1.54, 1.807) is 0 Å². The Morgan fingerprint density at radius 1 is 1.46 bits per heavy atom. The molecule has 2 aromatic heterocycles. The maximum absolute atomic E-state index is 12.0. The average molecular weight is 389 g/mol.